The number of piperazine rings is 1. The Morgan fingerprint density at radius 1 is 0.857 bits per heavy atom. The summed E-state index contributed by atoms with van der Waals surface area (Å²) in [4.78, 5) is 3.10. The van der Waals surface area contributed by atoms with E-state index in [1.54, 1.807) is 30.3 Å². The number of hydrogen-bond donors (Lipinski definition) is 2. The molecule has 2 unspecified atom stereocenters. The second-order valence-corrected chi connectivity index (χ2v) is 16.0. The summed E-state index contributed by atoms with van der Waals surface area (Å²) < 4.78 is 41.4. The second-order valence-electron chi connectivity index (χ2n) is 11.9. The van der Waals surface area contributed by atoms with Gasteiger partial charge in [0.1, 0.15) is 15.9 Å². The molecule has 4 fully saturated rings. The average molecular weight is 659 g/mol. The first-order chi connectivity index (χ1) is 20.2. The minimum absolute atomic E-state index is 0.155. The molecule has 0 aromatic heterocycles. The fraction of sp³-hybridized carbons (Fsp3) is 0.600. The molecule has 42 heavy (non-hydrogen) atoms. The van der Waals surface area contributed by atoms with Gasteiger partial charge in [-0.25, -0.2) is 16.9 Å². The molecule has 2 saturated heterocycles. The molecule has 2 aliphatic carbocycles. The molecule has 2 atom stereocenters. The highest BCUT2D eigenvalue weighted by atomic mass is 35.5. The van der Waals surface area contributed by atoms with Gasteiger partial charge in [-0.3, -0.25) is 4.90 Å². The van der Waals surface area contributed by atoms with Crippen LogP contribution in [0.4, 0.5) is 0 Å². The van der Waals surface area contributed by atoms with Crippen LogP contribution in [0.25, 0.3) is 0 Å². The Bertz CT molecular complexity index is 1340. The lowest BCUT2D eigenvalue weighted by molar-refractivity contribution is 0.0779. The Morgan fingerprint density at radius 3 is 1.98 bits per heavy atom. The quantitative estimate of drug-likeness (QED) is 0.418. The van der Waals surface area contributed by atoms with Crippen LogP contribution in [-0.4, -0.2) is 94.9 Å². The number of halogens is 2. The third-order valence-electron chi connectivity index (χ3n) is 9.34. The molecule has 232 valence electrons. The summed E-state index contributed by atoms with van der Waals surface area (Å²) in [6.45, 7) is 4.31. The van der Waals surface area contributed by atoms with Crippen LogP contribution in [0.15, 0.2) is 58.3 Å². The molecule has 12 heteroatoms. The molecule has 0 bridgehead atoms. The van der Waals surface area contributed by atoms with Crippen LogP contribution in [0.2, 0.25) is 10.0 Å². The third-order valence-corrected chi connectivity index (χ3v) is 13.7. The maximum atomic E-state index is 12.7. The number of sulfonamides is 1. The van der Waals surface area contributed by atoms with E-state index in [9.17, 15) is 22.8 Å². The molecule has 2 saturated carbocycles. The largest absolute Gasteiger partial charge is 0.396 e. The van der Waals surface area contributed by atoms with Gasteiger partial charge in [-0.1, -0.05) is 47.5 Å². The van der Waals surface area contributed by atoms with E-state index in [0.717, 1.165) is 38.8 Å². The maximum Gasteiger partial charge on any atom is 0.244 e. The normalized spacial score (nSPS) is 23.5. The number of hydrogen-bond acceptors (Lipinski definition) is 6. The molecule has 2 heterocycles. The van der Waals surface area contributed by atoms with E-state index in [4.69, 9.17) is 23.2 Å². The van der Waals surface area contributed by atoms with E-state index < -0.39 is 21.0 Å². The third kappa shape index (κ3) is 7.24. The first kappa shape index (κ1) is 32.3. The number of aliphatic hydroxyl groups is 2. The van der Waals surface area contributed by atoms with Gasteiger partial charge in [0.15, 0.2) is 0 Å². The number of nitrogens with zero attached hydrogens (tertiary/aromatic N) is 3. The SMILES string of the molecule is O=S(=O)(c1ccccc1Cl)N1CCN(C(CO)C2CC2)CC1.O=S(c1ccccc1Cl)N1CCC(C2(CO)CC2)CC1. The molecule has 0 radical (unpaired) electrons. The molecular formula is C30H41Cl2N3O5S2. The monoisotopic (exact) mass is 657 g/mol. The van der Waals surface area contributed by atoms with Crippen molar-refractivity contribution in [1.29, 1.82) is 0 Å². The van der Waals surface area contributed by atoms with Gasteiger partial charge < -0.3 is 10.2 Å². The first-order valence-electron chi connectivity index (χ1n) is 14.8. The summed E-state index contributed by atoms with van der Waals surface area (Å²) in [5.41, 5.74) is 0.192. The van der Waals surface area contributed by atoms with Crippen LogP contribution in [0.3, 0.4) is 0 Å². The van der Waals surface area contributed by atoms with Crippen molar-refractivity contribution in [2.45, 2.75) is 54.4 Å². The van der Waals surface area contributed by atoms with Crippen LogP contribution >= 0.6 is 23.2 Å². The van der Waals surface area contributed by atoms with Crippen LogP contribution < -0.4 is 0 Å². The van der Waals surface area contributed by atoms with Gasteiger partial charge in [0, 0.05) is 51.9 Å². The zero-order chi connectivity index (χ0) is 29.9. The molecule has 2 aromatic carbocycles. The minimum Gasteiger partial charge on any atom is -0.396 e. The number of aliphatic hydroxyl groups excluding tert-OH is 2. The highest BCUT2D eigenvalue weighted by Crippen LogP contribution is 2.54. The maximum absolute atomic E-state index is 12.7. The molecule has 0 spiro atoms. The summed E-state index contributed by atoms with van der Waals surface area (Å²) in [5.74, 6) is 1.17. The van der Waals surface area contributed by atoms with Gasteiger partial charge in [-0.15, -0.1) is 0 Å². The Labute approximate surface area is 262 Å². The fourth-order valence-corrected chi connectivity index (χ4v) is 9.83. The van der Waals surface area contributed by atoms with E-state index in [0.29, 0.717) is 54.5 Å². The van der Waals surface area contributed by atoms with Crippen molar-refractivity contribution < 1.29 is 22.8 Å². The van der Waals surface area contributed by atoms with Crippen LogP contribution in [0.5, 0.6) is 0 Å². The molecular weight excluding hydrogens is 617 g/mol. The second kappa shape index (κ2) is 13.9. The zero-order valence-electron chi connectivity index (χ0n) is 23.8. The predicted molar refractivity (Wildman–Crippen MR) is 166 cm³/mol. The van der Waals surface area contributed by atoms with Gasteiger partial charge in [0.25, 0.3) is 0 Å². The number of rotatable bonds is 9. The summed E-state index contributed by atoms with van der Waals surface area (Å²) in [7, 11) is -4.71. The number of benzene rings is 2. The smallest absolute Gasteiger partial charge is 0.244 e. The van der Waals surface area contributed by atoms with Crippen molar-refractivity contribution in [1.82, 2.24) is 13.5 Å². The van der Waals surface area contributed by atoms with Gasteiger partial charge >= 0.3 is 0 Å². The molecule has 2 aromatic rings. The van der Waals surface area contributed by atoms with Crippen molar-refractivity contribution >= 4 is 44.2 Å². The summed E-state index contributed by atoms with van der Waals surface area (Å²) >= 11 is 12.1. The highest BCUT2D eigenvalue weighted by molar-refractivity contribution is 7.89. The van der Waals surface area contributed by atoms with Crippen LogP contribution in [-0.2, 0) is 21.0 Å². The van der Waals surface area contributed by atoms with Crippen molar-refractivity contribution in [3.8, 4) is 0 Å². The van der Waals surface area contributed by atoms with Gasteiger partial charge in [0.05, 0.1) is 21.5 Å². The lowest BCUT2D eigenvalue weighted by atomic mass is 9.82. The molecule has 2 N–H and O–H groups in total. The average Bonchev–Trinajstić information content (AvgIpc) is 3.95. The lowest BCUT2D eigenvalue weighted by Gasteiger charge is -2.38. The predicted octanol–water partition coefficient (Wildman–Crippen LogP) is 4.26. The molecule has 0 amide bonds. The molecule has 2 aliphatic heterocycles. The van der Waals surface area contributed by atoms with E-state index in [2.05, 4.69) is 4.90 Å². The Balaban J connectivity index is 0.000000169. The Hall–Kier alpha value is -1.08. The van der Waals surface area contributed by atoms with Gasteiger partial charge in [-0.05, 0) is 80.0 Å². The van der Waals surface area contributed by atoms with Crippen molar-refractivity contribution in [3.63, 3.8) is 0 Å². The Kier molecular flexibility index (Phi) is 10.7. The molecule has 6 rings (SSSR count). The van der Waals surface area contributed by atoms with Crippen molar-refractivity contribution in [3.05, 3.63) is 58.6 Å². The summed E-state index contributed by atoms with van der Waals surface area (Å²) in [6, 6.07) is 14.1. The fourth-order valence-electron chi connectivity index (χ4n) is 6.33. The van der Waals surface area contributed by atoms with Gasteiger partial charge in [-0.2, -0.15) is 4.31 Å². The number of piperidine rings is 1. The molecule has 8 nitrogen and oxygen atoms in total. The minimum atomic E-state index is -3.54. The lowest BCUT2D eigenvalue weighted by Crippen LogP contribution is -2.53. The zero-order valence-corrected chi connectivity index (χ0v) is 26.9. The van der Waals surface area contributed by atoms with Crippen LogP contribution in [0.1, 0.15) is 38.5 Å². The first-order valence-corrected chi connectivity index (χ1v) is 18.1. The highest BCUT2D eigenvalue weighted by Gasteiger charge is 2.49. The standard InChI is InChI=1S/C15H21ClN2O3S.C15H20ClNO2S/c16-13-3-1-2-4-15(13)22(20,21)18-9-7-17(8-10-18)14(11-19)12-5-6-12;16-13-3-1-2-4-14(13)20(19)17-9-5-12(6-10-17)15(11-18)7-8-15/h1-4,12,14,19H,5-11H2;1-4,12,18H,5-11H2. The Morgan fingerprint density at radius 2 is 1.45 bits per heavy atom. The topological polar surface area (TPSA) is 101 Å². The molecule has 4 aliphatic rings. The van der Waals surface area contributed by atoms with Crippen molar-refractivity contribution in [2.24, 2.45) is 17.3 Å². The van der Waals surface area contributed by atoms with Gasteiger partial charge in [0.2, 0.25) is 10.0 Å². The summed E-state index contributed by atoms with van der Waals surface area (Å²) in [6.07, 6.45) is 6.70. The van der Waals surface area contributed by atoms with Crippen LogP contribution in [0, 0.1) is 17.3 Å². The summed E-state index contributed by atoms with van der Waals surface area (Å²) in [5, 5.41) is 19.9. The van der Waals surface area contributed by atoms with E-state index in [-0.39, 0.29) is 28.0 Å². The van der Waals surface area contributed by atoms with Crippen molar-refractivity contribution in [2.75, 3.05) is 52.5 Å². The van der Waals surface area contributed by atoms with E-state index in [1.165, 1.54) is 17.1 Å². The van der Waals surface area contributed by atoms with E-state index in [1.807, 2.05) is 22.5 Å². The van der Waals surface area contributed by atoms with E-state index >= 15 is 0 Å².